The van der Waals surface area contributed by atoms with Crippen LogP contribution in [0, 0.1) is 5.92 Å². The van der Waals surface area contributed by atoms with Crippen molar-refractivity contribution < 1.29 is 50.4 Å². The van der Waals surface area contributed by atoms with Gasteiger partial charge in [-0.05, 0) is 197 Å². The summed E-state index contributed by atoms with van der Waals surface area (Å²) in [5.41, 5.74) is 9.48. The Morgan fingerprint density at radius 3 is 1.48 bits per heavy atom. The highest BCUT2D eigenvalue weighted by Crippen LogP contribution is 2.61. The first kappa shape index (κ1) is 88.8. The molecule has 24 nitrogen and oxygen atoms in total. The molecule has 0 amide bonds. The molecular formula is C76H95Cl6N12O12PS4. The predicted octanol–water partition coefficient (Wildman–Crippen LogP) is 17.0. The second-order valence-electron chi connectivity index (χ2n) is 26.7. The predicted molar refractivity (Wildman–Crippen MR) is 458 cm³/mol. The summed E-state index contributed by atoms with van der Waals surface area (Å²) in [6.45, 7) is 16.1. The number of aromatic nitrogens is 8. The number of nitrogens with one attached hydrogen (secondary N) is 3. The first-order valence-corrected chi connectivity index (χ1v) is 44.3. The number of carbonyl (C=O) groups is 4. The van der Waals surface area contributed by atoms with Crippen LogP contribution < -0.4 is 22.2 Å². The molecule has 1 atom stereocenters. The summed E-state index contributed by atoms with van der Waals surface area (Å²) in [6, 6.07) is 20.0. The number of Topliss-reactive ketones (excluding diaryl/α,β-unsaturated/α-hetero) is 1. The van der Waals surface area contributed by atoms with E-state index in [0.717, 1.165) is 180 Å². The van der Waals surface area contributed by atoms with Gasteiger partial charge in [0.1, 0.15) is 48.7 Å². The first-order valence-electron chi connectivity index (χ1n) is 37.2. The number of halogens is 6. The number of thiophene rings is 4. The number of ketones is 1. The molecule has 35 heteroatoms. The number of morpholine rings is 2. The Hall–Kier alpha value is -6.15. The summed E-state index contributed by atoms with van der Waals surface area (Å²) in [6.07, 6.45) is 19.9. The smallest absolute Gasteiger partial charge is 0.339 e. The van der Waals surface area contributed by atoms with Crippen LogP contribution in [-0.4, -0.2) is 170 Å². The molecular weight excluding hydrogens is 1640 g/mol. The Bertz CT molecular complexity index is 5120. The van der Waals surface area contributed by atoms with Crippen LogP contribution in [0.3, 0.4) is 0 Å². The monoisotopic (exact) mass is 1740 g/mol. The number of aromatic amines is 2. The zero-order chi connectivity index (χ0) is 78.4. The van der Waals surface area contributed by atoms with Crippen LogP contribution in [0.2, 0.25) is 5.15 Å². The summed E-state index contributed by atoms with van der Waals surface area (Å²) in [5.74, 6) is 0.831. The van der Waals surface area contributed by atoms with Gasteiger partial charge in [0.15, 0.2) is 0 Å². The van der Waals surface area contributed by atoms with Gasteiger partial charge in [-0.15, -0.1) is 70.2 Å². The Balaban J connectivity index is 0.000000195. The minimum absolute atomic E-state index is 0. The van der Waals surface area contributed by atoms with Crippen LogP contribution in [0.25, 0.3) is 71.1 Å². The molecule has 2 saturated carbocycles. The van der Waals surface area contributed by atoms with Crippen molar-refractivity contribution in [3.05, 3.63) is 133 Å². The standard InChI is InChI=1S/C24H30N4O3S.C14H11ClN2O2S.C14H12N2O3S.C13H14N2O2S.C10H20N2O.CH4.Cl3OP.2ClH.H2/c1-2-31-21(29)14-16-3-8-20-19(13-16)22-23(25-15-26-24(22)32-20)27-17-4-6-18(7-5-17)28-9-11-30-12-10-28;1-2-19-11(18)6-8-3-4-10-9(5-8)12-13(15)16-7-17-14(12)20-10;1-2-19-11(17)6-8-3-4-10-9(5-8)12-13(18)15-7-16-14(12)20-10;1-7(16)4-8-2-3-10-9(5-8)11-12(17)14-6-15-13(11)18-10;11-9-1-3-10(4-2-9)12-5-7-13-8-6-12;;1-5(2,3)4;;;/h3,8,13,15,17-18H,2,4-7,9-12,14H2,1H3,(H,25,26,27);3-5,7H,2,6H2,1H3;3-5,7H,2,6H2,1H3,(H,15,16,18);6,8H,2-5H2,1H3,(H,14,15,17);9-10H,1-8,11H2;1H4;;3*1H/i;;;;;;;;;1+1D. The lowest BCUT2D eigenvalue weighted by atomic mass is 9.84. The molecule has 1 unspecified atom stereocenters. The van der Waals surface area contributed by atoms with E-state index >= 15 is 0 Å². The number of H-pyrrole nitrogens is 2. The summed E-state index contributed by atoms with van der Waals surface area (Å²) in [7, 11) is 0. The zero-order valence-corrected chi connectivity index (χ0v) is 70.1. The third-order valence-electron chi connectivity index (χ3n) is 19.3. The zero-order valence-electron chi connectivity index (χ0n) is 63.2. The summed E-state index contributed by atoms with van der Waals surface area (Å²) in [4.78, 5) is 111. The number of benzene rings is 3. The molecule has 111 heavy (non-hydrogen) atoms. The minimum Gasteiger partial charge on any atom is -0.466 e. The highest BCUT2D eigenvalue weighted by Gasteiger charge is 2.30. The van der Waals surface area contributed by atoms with Gasteiger partial charge in [-0.25, -0.2) is 29.9 Å². The number of hydrogen-bond acceptors (Lipinski definition) is 26. The number of aryl methyl sites for hydroxylation is 1. The van der Waals surface area contributed by atoms with E-state index in [0.29, 0.717) is 65.7 Å². The average molecular weight is 1740 g/mol. The van der Waals surface area contributed by atoms with Gasteiger partial charge in [-0.2, -0.15) is 0 Å². The largest absolute Gasteiger partial charge is 0.466 e. The van der Waals surface area contributed by atoms with E-state index < -0.39 is 5.20 Å². The maximum absolute atomic E-state index is 12.0. The molecule has 8 aromatic heterocycles. The van der Waals surface area contributed by atoms with Gasteiger partial charge in [-0.3, -0.25) is 38.3 Å². The molecule has 3 aliphatic carbocycles. The second-order valence-corrected chi connectivity index (χ2v) is 37.9. The van der Waals surface area contributed by atoms with Crippen molar-refractivity contribution in [2.45, 2.75) is 156 Å². The lowest BCUT2D eigenvalue weighted by Gasteiger charge is -2.39. The summed E-state index contributed by atoms with van der Waals surface area (Å²) in [5, 5.41) is 7.10. The maximum atomic E-state index is 12.0. The highest BCUT2D eigenvalue weighted by molar-refractivity contribution is 8.24. The Morgan fingerprint density at radius 2 is 1.01 bits per heavy atom. The van der Waals surface area contributed by atoms with Gasteiger partial charge in [0.2, 0.25) is 0 Å². The van der Waals surface area contributed by atoms with Gasteiger partial charge >= 0.3 is 23.1 Å². The topological polar surface area (TPSA) is 319 Å². The number of fused-ring (bicyclic) bond motifs is 12. The fourth-order valence-electron chi connectivity index (χ4n) is 14.4. The van der Waals surface area contributed by atoms with Gasteiger partial charge in [0.25, 0.3) is 11.1 Å². The normalized spacial score (nSPS) is 18.5. The first-order chi connectivity index (χ1) is 53.1. The van der Waals surface area contributed by atoms with E-state index in [1.165, 1.54) is 73.7 Å². The van der Waals surface area contributed by atoms with E-state index in [9.17, 15) is 33.3 Å². The van der Waals surface area contributed by atoms with Crippen LogP contribution in [0.15, 0.2) is 89.5 Å². The van der Waals surface area contributed by atoms with Crippen molar-refractivity contribution in [3.8, 4) is 0 Å². The molecule has 11 aromatic rings. The third kappa shape index (κ3) is 25.2. The number of rotatable bonds is 15. The van der Waals surface area contributed by atoms with Crippen molar-refractivity contribution in [2.24, 2.45) is 11.7 Å². The van der Waals surface area contributed by atoms with Crippen molar-refractivity contribution >= 4 is 221 Å². The molecule has 0 bridgehead atoms. The van der Waals surface area contributed by atoms with E-state index in [4.69, 9.17) is 44.0 Å². The molecule has 10 heterocycles. The van der Waals surface area contributed by atoms with Crippen LogP contribution in [0.1, 0.15) is 129 Å². The molecule has 2 saturated heterocycles. The minimum atomic E-state index is -3.22. The quantitative estimate of drug-likeness (QED) is 0.0321. The Morgan fingerprint density at radius 1 is 0.595 bits per heavy atom. The van der Waals surface area contributed by atoms with Crippen molar-refractivity contribution in [2.75, 3.05) is 77.7 Å². The van der Waals surface area contributed by atoms with E-state index in [2.05, 4.69) is 101 Å². The highest BCUT2D eigenvalue weighted by atomic mass is 36.0. The van der Waals surface area contributed by atoms with Gasteiger partial charge in [0, 0.05) is 94.9 Å². The molecule has 0 spiro atoms. The number of esters is 3. The van der Waals surface area contributed by atoms with Gasteiger partial charge in [0.05, 0.1) is 99.7 Å². The van der Waals surface area contributed by atoms with Gasteiger partial charge < -0.3 is 49.5 Å². The molecule has 2 aliphatic heterocycles. The van der Waals surface area contributed by atoms with Crippen LogP contribution in [-0.2, 0) is 79.5 Å². The van der Waals surface area contributed by atoms with E-state index in [1.54, 1.807) is 61.1 Å². The number of nitrogens with two attached hydrogens (primary N) is 1. The number of anilines is 1. The number of nitrogens with zero attached hydrogens (tertiary/aromatic N) is 8. The average Bonchev–Trinajstić information content (AvgIpc) is 1.64. The van der Waals surface area contributed by atoms with Crippen molar-refractivity contribution in [3.63, 3.8) is 0 Å². The van der Waals surface area contributed by atoms with Crippen LogP contribution in [0.4, 0.5) is 5.82 Å². The molecule has 5 aliphatic rings. The van der Waals surface area contributed by atoms with Crippen molar-refractivity contribution in [1.82, 2.24) is 49.7 Å². The number of carbonyl (C=O) groups excluding carboxylic acids is 4. The maximum Gasteiger partial charge on any atom is 0.339 e. The lowest BCUT2D eigenvalue weighted by molar-refractivity contribution is -0.143. The fourth-order valence-corrected chi connectivity index (χ4v) is 19.0. The van der Waals surface area contributed by atoms with Crippen molar-refractivity contribution in [1.29, 1.82) is 0 Å². The van der Waals surface area contributed by atoms with E-state index in [1.807, 2.05) is 49.4 Å². The molecule has 4 fully saturated rings. The Labute approximate surface area is 694 Å². The van der Waals surface area contributed by atoms with E-state index in [-0.39, 0.29) is 86.3 Å². The van der Waals surface area contributed by atoms with Gasteiger partial charge in [-0.1, -0.05) is 37.2 Å². The lowest BCUT2D eigenvalue weighted by Crippen LogP contribution is -2.46. The van der Waals surface area contributed by atoms with Crippen LogP contribution in [0.5, 0.6) is 0 Å². The second kappa shape index (κ2) is 43.5. The molecule has 16 rings (SSSR count). The summed E-state index contributed by atoms with van der Waals surface area (Å²) >= 11 is 26.3. The molecule has 3 aromatic carbocycles. The third-order valence-corrected chi connectivity index (χ3v) is 24.1. The number of hydrogen-bond donors (Lipinski definition) is 4. The fraction of sp³-hybridized carbons (Fsp3) is 0.474. The molecule has 602 valence electrons. The Kier molecular flexibility index (Phi) is 34.8. The number of ether oxygens (including phenoxy) is 5. The molecule has 0 radical (unpaired) electrons. The SMILES string of the molecule is C.CC(=O)CC1CCc2sc3nc[nH]c(=O)c3c2C1.CCOC(=O)Cc1ccc2sc3nc[nH]c(=O)c3c2c1.CCOC(=O)Cc1ccc2sc3ncnc(Cl)c3c2c1.CCOC(=O)Cc1ccc2sc3ncnc(NC4CCC(N5CCOCC5)CC4)c3c2c1.Cl.Cl.NC1CCC(N2CCOCC2)CC1.O=P(Cl)(Cl)Cl.[2H][2H]. The molecule has 5 N–H and O–H groups in total. The van der Waals surface area contributed by atoms with Crippen LogP contribution >= 0.6 is 121 Å². The summed E-state index contributed by atoms with van der Waals surface area (Å²) < 4.78 is 48.6.